The third-order valence-electron chi connectivity index (χ3n) is 4.31. The average Bonchev–Trinajstić information content (AvgIpc) is 3.39. The molecule has 1 aromatic carbocycles. The quantitative estimate of drug-likeness (QED) is 0.334. The van der Waals surface area contributed by atoms with Crippen molar-refractivity contribution in [1.29, 1.82) is 5.26 Å². The van der Waals surface area contributed by atoms with Crippen LogP contribution in [0.15, 0.2) is 48.2 Å². The van der Waals surface area contributed by atoms with Crippen molar-refractivity contribution in [2.45, 2.75) is 19.8 Å². The summed E-state index contributed by atoms with van der Waals surface area (Å²) in [6.07, 6.45) is 4.71. The number of rotatable bonds is 7. The van der Waals surface area contributed by atoms with Gasteiger partial charge in [0.05, 0.1) is 24.6 Å². The monoisotopic (exact) mass is 420 g/mol. The molecule has 3 rings (SSSR count). The molecule has 0 aliphatic heterocycles. The summed E-state index contributed by atoms with van der Waals surface area (Å²) in [5, 5.41) is 19.5. The Morgan fingerprint density at radius 1 is 1.33 bits per heavy atom. The van der Waals surface area contributed by atoms with Crippen LogP contribution in [0.4, 0.5) is 5.00 Å². The fraction of sp³-hybridized carbons (Fsp3) is 0.182. The molecule has 152 valence electrons. The number of carbonyl (C=O) groups excluding carboxylic acids is 2. The first kappa shape index (κ1) is 21.0. The molecule has 0 fully saturated rings. The van der Waals surface area contributed by atoms with Gasteiger partial charge in [-0.2, -0.15) is 10.4 Å². The molecule has 7 nitrogen and oxygen atoms in total. The van der Waals surface area contributed by atoms with Crippen molar-refractivity contribution in [1.82, 2.24) is 10.2 Å². The van der Waals surface area contributed by atoms with E-state index in [4.69, 9.17) is 4.74 Å². The van der Waals surface area contributed by atoms with Crippen LogP contribution in [-0.4, -0.2) is 29.2 Å². The number of hydrogen-bond acceptors (Lipinski definition) is 6. The van der Waals surface area contributed by atoms with Gasteiger partial charge in [-0.05, 0) is 18.6 Å². The summed E-state index contributed by atoms with van der Waals surface area (Å²) in [7, 11) is 1.29. The molecule has 30 heavy (non-hydrogen) atoms. The number of aromatic nitrogens is 2. The third-order valence-corrected chi connectivity index (χ3v) is 5.42. The molecule has 0 aliphatic carbocycles. The minimum atomic E-state index is -0.604. The number of ether oxygens (including phenoxy) is 1. The van der Waals surface area contributed by atoms with Crippen LogP contribution in [0.25, 0.3) is 17.3 Å². The van der Waals surface area contributed by atoms with Gasteiger partial charge in [0.25, 0.3) is 5.91 Å². The first-order valence-electron chi connectivity index (χ1n) is 9.30. The van der Waals surface area contributed by atoms with E-state index in [2.05, 4.69) is 15.5 Å². The Morgan fingerprint density at radius 3 is 2.77 bits per heavy atom. The van der Waals surface area contributed by atoms with Crippen LogP contribution in [0, 0.1) is 11.3 Å². The predicted octanol–water partition coefficient (Wildman–Crippen LogP) is 4.42. The molecule has 0 saturated carbocycles. The smallest absolute Gasteiger partial charge is 0.340 e. The van der Waals surface area contributed by atoms with Gasteiger partial charge < -0.3 is 10.1 Å². The zero-order valence-corrected chi connectivity index (χ0v) is 17.4. The molecule has 2 aromatic heterocycles. The maximum atomic E-state index is 12.8. The molecule has 8 heteroatoms. The summed E-state index contributed by atoms with van der Waals surface area (Å²) < 4.78 is 4.81. The number of thiophene rings is 1. The number of benzene rings is 1. The SMILES string of the molecule is CCCc1cc(C(=O)OC)c(NC(=O)C(C#N)=Cc2cn[nH]c2-c2ccccc2)s1. The summed E-state index contributed by atoms with van der Waals surface area (Å²) in [5.41, 5.74) is 2.38. The predicted molar refractivity (Wildman–Crippen MR) is 116 cm³/mol. The maximum Gasteiger partial charge on any atom is 0.340 e. The zero-order chi connectivity index (χ0) is 21.5. The number of esters is 1. The highest BCUT2D eigenvalue weighted by molar-refractivity contribution is 7.16. The van der Waals surface area contributed by atoms with Crippen molar-refractivity contribution < 1.29 is 14.3 Å². The van der Waals surface area contributed by atoms with E-state index in [1.54, 1.807) is 12.3 Å². The Balaban J connectivity index is 1.89. The molecule has 3 aromatic rings. The van der Waals surface area contributed by atoms with Gasteiger partial charge in [-0.1, -0.05) is 43.7 Å². The van der Waals surface area contributed by atoms with Crippen molar-refractivity contribution in [3.8, 4) is 17.3 Å². The number of H-pyrrole nitrogens is 1. The largest absolute Gasteiger partial charge is 0.465 e. The highest BCUT2D eigenvalue weighted by atomic mass is 32.1. The van der Waals surface area contributed by atoms with Gasteiger partial charge in [0.15, 0.2) is 0 Å². The number of aryl methyl sites for hydroxylation is 1. The van der Waals surface area contributed by atoms with Crippen molar-refractivity contribution in [2.75, 3.05) is 12.4 Å². The van der Waals surface area contributed by atoms with E-state index in [1.165, 1.54) is 24.5 Å². The molecule has 0 unspecified atom stereocenters. The van der Waals surface area contributed by atoms with Crippen LogP contribution in [-0.2, 0) is 16.0 Å². The Hall–Kier alpha value is -3.70. The number of nitrogens with one attached hydrogen (secondary N) is 2. The number of anilines is 1. The van der Waals surface area contributed by atoms with E-state index in [0.29, 0.717) is 16.3 Å². The normalized spacial score (nSPS) is 11.0. The summed E-state index contributed by atoms with van der Waals surface area (Å²) in [5.74, 6) is -1.14. The Labute approximate surface area is 178 Å². The van der Waals surface area contributed by atoms with Gasteiger partial charge in [-0.3, -0.25) is 9.89 Å². The molecule has 2 heterocycles. The molecule has 0 saturated heterocycles. The Kier molecular flexibility index (Phi) is 6.78. The van der Waals surface area contributed by atoms with Gasteiger partial charge in [0.1, 0.15) is 16.6 Å². The van der Waals surface area contributed by atoms with Gasteiger partial charge in [0.2, 0.25) is 0 Å². The first-order chi connectivity index (χ1) is 14.6. The van der Waals surface area contributed by atoms with Crippen molar-refractivity contribution >= 4 is 34.3 Å². The molecular formula is C22H20N4O3S. The Bertz CT molecular complexity index is 1120. The summed E-state index contributed by atoms with van der Waals surface area (Å²) >= 11 is 1.30. The molecule has 0 bridgehead atoms. The number of nitrogens with zero attached hydrogens (tertiary/aromatic N) is 2. The zero-order valence-electron chi connectivity index (χ0n) is 16.6. The van der Waals surface area contributed by atoms with Crippen molar-refractivity contribution in [3.05, 3.63) is 64.2 Å². The summed E-state index contributed by atoms with van der Waals surface area (Å²) in [4.78, 5) is 25.8. The standard InChI is InChI=1S/C22H20N4O3S/c1-3-7-17-11-18(22(28)29-2)21(30-17)25-20(27)15(12-23)10-16-13-24-26-19(16)14-8-5-4-6-9-14/h4-6,8-11,13H,3,7H2,1-2H3,(H,24,26)(H,25,27). The number of methoxy groups -OCH3 is 1. The molecule has 0 spiro atoms. The molecular weight excluding hydrogens is 400 g/mol. The highest BCUT2D eigenvalue weighted by Crippen LogP contribution is 2.30. The van der Waals surface area contributed by atoms with Gasteiger partial charge >= 0.3 is 5.97 Å². The number of amides is 1. The lowest BCUT2D eigenvalue weighted by molar-refractivity contribution is -0.112. The second-order valence-corrected chi connectivity index (χ2v) is 7.52. The topological polar surface area (TPSA) is 108 Å². The minimum Gasteiger partial charge on any atom is -0.465 e. The fourth-order valence-corrected chi connectivity index (χ4v) is 4.02. The highest BCUT2D eigenvalue weighted by Gasteiger charge is 2.20. The lowest BCUT2D eigenvalue weighted by atomic mass is 10.1. The van der Waals surface area contributed by atoms with Gasteiger partial charge in [-0.25, -0.2) is 4.79 Å². The van der Waals surface area contributed by atoms with E-state index in [-0.39, 0.29) is 11.1 Å². The van der Waals surface area contributed by atoms with Crippen molar-refractivity contribution in [2.24, 2.45) is 0 Å². The first-order valence-corrected chi connectivity index (χ1v) is 10.1. The summed E-state index contributed by atoms with van der Waals surface area (Å²) in [6, 6.07) is 13.1. The van der Waals surface area contributed by atoms with E-state index in [9.17, 15) is 14.9 Å². The van der Waals surface area contributed by atoms with E-state index in [0.717, 1.165) is 23.3 Å². The van der Waals surface area contributed by atoms with Crippen LogP contribution in [0.2, 0.25) is 0 Å². The van der Waals surface area contributed by atoms with Gasteiger partial charge in [-0.15, -0.1) is 11.3 Å². The van der Waals surface area contributed by atoms with Crippen LogP contribution in [0.3, 0.4) is 0 Å². The van der Waals surface area contributed by atoms with Crippen LogP contribution in [0.1, 0.15) is 34.1 Å². The molecule has 0 atom stereocenters. The second kappa shape index (κ2) is 9.67. The number of carbonyl (C=O) groups is 2. The molecule has 1 amide bonds. The van der Waals surface area contributed by atoms with Crippen LogP contribution < -0.4 is 5.32 Å². The van der Waals surface area contributed by atoms with Crippen molar-refractivity contribution in [3.63, 3.8) is 0 Å². The second-order valence-electron chi connectivity index (χ2n) is 6.39. The maximum absolute atomic E-state index is 12.8. The minimum absolute atomic E-state index is 0.102. The lowest BCUT2D eigenvalue weighted by Gasteiger charge is -2.05. The van der Waals surface area contributed by atoms with E-state index < -0.39 is 11.9 Å². The number of hydrogen-bond donors (Lipinski definition) is 2. The van der Waals surface area contributed by atoms with E-state index in [1.807, 2.05) is 43.3 Å². The van der Waals surface area contributed by atoms with Crippen LogP contribution >= 0.6 is 11.3 Å². The number of aromatic amines is 1. The fourth-order valence-electron chi connectivity index (χ4n) is 2.88. The third kappa shape index (κ3) is 4.64. The van der Waals surface area contributed by atoms with Crippen LogP contribution in [0.5, 0.6) is 0 Å². The molecule has 0 aliphatic rings. The molecule has 2 N–H and O–H groups in total. The van der Waals surface area contributed by atoms with E-state index >= 15 is 0 Å². The van der Waals surface area contributed by atoms with Gasteiger partial charge in [0, 0.05) is 16.0 Å². The lowest BCUT2D eigenvalue weighted by Crippen LogP contribution is -2.15. The number of nitriles is 1. The summed E-state index contributed by atoms with van der Waals surface area (Å²) in [6.45, 7) is 2.03. The Morgan fingerprint density at radius 2 is 2.10 bits per heavy atom. The average molecular weight is 420 g/mol. The molecule has 0 radical (unpaired) electrons.